The Morgan fingerprint density at radius 1 is 1.06 bits per heavy atom. The van der Waals surface area contributed by atoms with Gasteiger partial charge in [-0.25, -0.2) is 27.1 Å². The van der Waals surface area contributed by atoms with E-state index >= 15 is 0 Å². The maximum Gasteiger partial charge on any atom is 0.211 e. The topological polar surface area (TPSA) is 100 Å². The van der Waals surface area contributed by atoms with Crippen LogP contribution in [0.4, 0.5) is 21.8 Å². The largest absolute Gasteiger partial charge is 0.363 e. The molecule has 1 aliphatic rings. The second-order valence-corrected chi connectivity index (χ2v) is 10.2. The number of halogens is 1. The highest BCUT2D eigenvalue weighted by molar-refractivity contribution is 7.88. The third-order valence-corrected chi connectivity index (χ3v) is 7.10. The van der Waals surface area contributed by atoms with Gasteiger partial charge in [0.05, 0.1) is 12.5 Å². The van der Waals surface area contributed by atoms with Gasteiger partial charge < -0.3 is 10.6 Å². The van der Waals surface area contributed by atoms with Gasteiger partial charge in [-0.15, -0.1) is 0 Å². The second-order valence-electron chi connectivity index (χ2n) is 8.24. The molecule has 0 radical (unpaired) electrons. The Kier molecular flexibility index (Phi) is 6.85. The third kappa shape index (κ3) is 6.02. The molecule has 33 heavy (non-hydrogen) atoms. The third-order valence-electron chi connectivity index (χ3n) is 5.80. The molecule has 0 amide bonds. The summed E-state index contributed by atoms with van der Waals surface area (Å²) in [4.78, 5) is 13.0. The fraction of sp³-hybridized carbons (Fsp3) is 0.348. The number of hydrogen-bond acceptors (Lipinski definition) is 7. The molecule has 10 heteroatoms. The molecule has 2 aromatic heterocycles. The smallest absolute Gasteiger partial charge is 0.211 e. The normalized spacial score (nSPS) is 16.3. The predicted octanol–water partition coefficient (Wildman–Crippen LogP) is 4.07. The summed E-state index contributed by atoms with van der Waals surface area (Å²) < 4.78 is 38.6. The van der Waals surface area contributed by atoms with Gasteiger partial charge in [-0.1, -0.05) is 12.1 Å². The first-order chi connectivity index (χ1) is 15.8. The Morgan fingerprint density at radius 3 is 2.39 bits per heavy atom. The van der Waals surface area contributed by atoms with Gasteiger partial charge in [0.1, 0.15) is 23.3 Å². The van der Waals surface area contributed by atoms with Crippen LogP contribution in [0.5, 0.6) is 0 Å². The van der Waals surface area contributed by atoms with Crippen molar-refractivity contribution in [3.05, 3.63) is 71.9 Å². The van der Waals surface area contributed by atoms with Crippen LogP contribution in [-0.2, 0) is 10.0 Å². The van der Waals surface area contributed by atoms with E-state index in [1.807, 2.05) is 19.1 Å². The van der Waals surface area contributed by atoms with Crippen LogP contribution in [0, 0.1) is 5.82 Å². The van der Waals surface area contributed by atoms with E-state index in [2.05, 4.69) is 20.6 Å². The lowest BCUT2D eigenvalue weighted by atomic mass is 9.90. The van der Waals surface area contributed by atoms with E-state index in [0.29, 0.717) is 30.5 Å². The fourth-order valence-electron chi connectivity index (χ4n) is 4.00. The van der Waals surface area contributed by atoms with Crippen LogP contribution >= 0.6 is 0 Å². The number of pyridine rings is 1. The van der Waals surface area contributed by atoms with E-state index < -0.39 is 10.0 Å². The minimum atomic E-state index is -3.18. The zero-order valence-electron chi connectivity index (χ0n) is 18.6. The fourth-order valence-corrected chi connectivity index (χ4v) is 4.87. The molecule has 2 N–H and O–H groups in total. The second kappa shape index (κ2) is 9.80. The molecule has 1 fully saturated rings. The van der Waals surface area contributed by atoms with Gasteiger partial charge in [-0.05, 0) is 61.1 Å². The van der Waals surface area contributed by atoms with Crippen LogP contribution in [0.1, 0.15) is 42.9 Å². The molecule has 1 aromatic carbocycles. The van der Waals surface area contributed by atoms with E-state index in [4.69, 9.17) is 4.98 Å². The first kappa shape index (κ1) is 23.1. The summed E-state index contributed by atoms with van der Waals surface area (Å²) >= 11 is 0. The van der Waals surface area contributed by atoms with Crippen molar-refractivity contribution in [1.82, 2.24) is 19.3 Å². The summed E-state index contributed by atoms with van der Waals surface area (Å²) in [7, 11) is -3.18. The summed E-state index contributed by atoms with van der Waals surface area (Å²) in [5, 5.41) is 6.60. The highest BCUT2D eigenvalue weighted by Crippen LogP contribution is 2.32. The first-order valence-corrected chi connectivity index (χ1v) is 12.6. The quantitative estimate of drug-likeness (QED) is 0.537. The summed E-state index contributed by atoms with van der Waals surface area (Å²) in [5.74, 6) is 1.79. The van der Waals surface area contributed by atoms with Crippen LogP contribution in [-0.4, -0.2) is 47.0 Å². The molecular weight excluding hydrogens is 443 g/mol. The predicted molar refractivity (Wildman–Crippen MR) is 126 cm³/mol. The number of anilines is 3. The van der Waals surface area contributed by atoms with Gasteiger partial charge in [-0.3, -0.25) is 4.98 Å². The summed E-state index contributed by atoms with van der Waals surface area (Å²) in [6.07, 6.45) is 7.53. The SMILES string of the molecule is CC(Nc1cc(C2CCN(S(C)(=O)=O)CC2)cc(Nc2cnccn2)n1)c1ccc(F)cc1. The lowest BCUT2D eigenvalue weighted by molar-refractivity contribution is 0.321. The number of nitrogens with zero attached hydrogens (tertiary/aromatic N) is 4. The average molecular weight is 471 g/mol. The number of aromatic nitrogens is 3. The molecule has 0 bridgehead atoms. The summed E-state index contributed by atoms with van der Waals surface area (Å²) in [5.41, 5.74) is 2.01. The number of piperidine rings is 1. The molecular formula is C23H27FN6O2S. The van der Waals surface area contributed by atoms with Crippen molar-refractivity contribution in [3.8, 4) is 0 Å². The van der Waals surface area contributed by atoms with Gasteiger partial charge in [0, 0.05) is 31.5 Å². The van der Waals surface area contributed by atoms with Gasteiger partial charge in [-0.2, -0.15) is 0 Å². The number of hydrogen-bond donors (Lipinski definition) is 2. The molecule has 174 valence electrons. The molecule has 0 saturated carbocycles. The Hall–Kier alpha value is -3.11. The van der Waals surface area contributed by atoms with Crippen molar-refractivity contribution in [2.75, 3.05) is 30.0 Å². The molecule has 1 saturated heterocycles. The zero-order valence-corrected chi connectivity index (χ0v) is 19.4. The molecule has 4 rings (SSSR count). The maximum absolute atomic E-state index is 13.3. The molecule has 0 spiro atoms. The lowest BCUT2D eigenvalue weighted by Gasteiger charge is -2.31. The zero-order chi connectivity index (χ0) is 23.4. The standard InChI is InChI=1S/C23H27FN6O2S/c1-16(17-3-5-20(24)6-4-17)27-21-13-19(18-7-11-30(12-8-18)33(2,31)32)14-22(28-21)29-23-15-25-9-10-26-23/h3-6,9-10,13-16,18H,7-8,11-12H2,1-2H3,(H2,26,27,28,29). The molecule has 3 heterocycles. The monoisotopic (exact) mass is 470 g/mol. The molecule has 1 unspecified atom stereocenters. The van der Waals surface area contributed by atoms with Crippen LogP contribution in [0.15, 0.2) is 55.0 Å². The molecule has 8 nitrogen and oxygen atoms in total. The van der Waals surface area contributed by atoms with Gasteiger partial charge in [0.15, 0.2) is 0 Å². The van der Waals surface area contributed by atoms with Crippen LogP contribution in [0.25, 0.3) is 0 Å². The Bertz CT molecular complexity index is 1180. The molecule has 3 aromatic rings. The average Bonchev–Trinajstić information content (AvgIpc) is 2.79. The van der Waals surface area contributed by atoms with Gasteiger partial charge in [0.25, 0.3) is 0 Å². The number of nitrogens with one attached hydrogen (secondary N) is 2. The van der Waals surface area contributed by atoms with E-state index in [1.54, 1.807) is 30.7 Å². The van der Waals surface area contributed by atoms with Crippen LogP contribution in [0.3, 0.4) is 0 Å². The lowest BCUT2D eigenvalue weighted by Crippen LogP contribution is -2.37. The Morgan fingerprint density at radius 2 is 1.76 bits per heavy atom. The van der Waals surface area contributed by atoms with E-state index in [1.165, 1.54) is 22.7 Å². The van der Waals surface area contributed by atoms with Crippen molar-refractivity contribution in [1.29, 1.82) is 0 Å². The van der Waals surface area contributed by atoms with Crippen molar-refractivity contribution in [2.24, 2.45) is 0 Å². The minimum Gasteiger partial charge on any atom is -0.363 e. The minimum absolute atomic E-state index is 0.0928. The van der Waals surface area contributed by atoms with Crippen molar-refractivity contribution in [3.63, 3.8) is 0 Å². The van der Waals surface area contributed by atoms with Gasteiger partial charge in [0.2, 0.25) is 10.0 Å². The molecule has 1 atom stereocenters. The summed E-state index contributed by atoms with van der Waals surface area (Å²) in [6, 6.07) is 10.3. The number of rotatable bonds is 7. The summed E-state index contributed by atoms with van der Waals surface area (Å²) in [6.45, 7) is 2.98. The van der Waals surface area contributed by atoms with E-state index in [0.717, 1.165) is 24.0 Å². The van der Waals surface area contributed by atoms with Crippen LogP contribution < -0.4 is 10.6 Å². The van der Waals surface area contributed by atoms with Crippen LogP contribution in [0.2, 0.25) is 0 Å². The van der Waals surface area contributed by atoms with E-state index in [-0.39, 0.29) is 17.8 Å². The van der Waals surface area contributed by atoms with Gasteiger partial charge >= 0.3 is 0 Å². The molecule has 1 aliphatic heterocycles. The van der Waals surface area contributed by atoms with E-state index in [9.17, 15) is 12.8 Å². The highest BCUT2D eigenvalue weighted by atomic mass is 32.2. The number of sulfonamides is 1. The Balaban J connectivity index is 1.58. The first-order valence-electron chi connectivity index (χ1n) is 10.8. The molecule has 0 aliphatic carbocycles. The van der Waals surface area contributed by atoms with Crippen molar-refractivity contribution in [2.45, 2.75) is 31.7 Å². The number of benzene rings is 1. The van der Waals surface area contributed by atoms with Crippen molar-refractivity contribution >= 4 is 27.5 Å². The van der Waals surface area contributed by atoms with Crippen molar-refractivity contribution < 1.29 is 12.8 Å². The Labute approximate surface area is 193 Å². The highest BCUT2D eigenvalue weighted by Gasteiger charge is 2.26. The maximum atomic E-state index is 13.3.